The monoisotopic (exact) mass is 387 g/mol. The lowest BCUT2D eigenvalue weighted by Gasteiger charge is -2.35. The van der Waals surface area contributed by atoms with Gasteiger partial charge in [-0.05, 0) is 30.2 Å². The van der Waals surface area contributed by atoms with E-state index in [1.165, 1.54) is 11.1 Å². The Balaban J connectivity index is 1.59. The van der Waals surface area contributed by atoms with Crippen LogP contribution in [0.25, 0.3) is 0 Å². The number of hydrogen-bond acceptors (Lipinski definition) is 3. The predicted molar refractivity (Wildman–Crippen MR) is 108 cm³/mol. The summed E-state index contributed by atoms with van der Waals surface area (Å²) in [4.78, 5) is 14.7. The van der Waals surface area contributed by atoms with Crippen molar-refractivity contribution in [2.24, 2.45) is 0 Å². The lowest BCUT2D eigenvalue weighted by atomic mass is 10.0. The number of rotatable bonds is 6. The van der Waals surface area contributed by atoms with Gasteiger partial charge in [0.1, 0.15) is 0 Å². The number of morpholine rings is 1. The quantitative estimate of drug-likeness (QED) is 0.797. The molecule has 0 aromatic heterocycles. The maximum Gasteiger partial charge on any atom is 0.315 e. The molecular formula is C21H26ClN3O2. The van der Waals surface area contributed by atoms with Gasteiger partial charge in [0.2, 0.25) is 0 Å². The summed E-state index contributed by atoms with van der Waals surface area (Å²) < 4.78 is 5.48. The van der Waals surface area contributed by atoms with Gasteiger partial charge >= 0.3 is 6.03 Å². The van der Waals surface area contributed by atoms with Crippen LogP contribution in [-0.4, -0.2) is 43.8 Å². The zero-order valence-electron chi connectivity index (χ0n) is 15.6. The molecule has 2 N–H and O–H groups in total. The van der Waals surface area contributed by atoms with Crippen molar-refractivity contribution in [3.63, 3.8) is 0 Å². The maximum absolute atomic E-state index is 12.3. The van der Waals surface area contributed by atoms with Crippen LogP contribution in [0.3, 0.4) is 0 Å². The molecule has 0 radical (unpaired) electrons. The summed E-state index contributed by atoms with van der Waals surface area (Å²) in [5.41, 5.74) is 3.41. The summed E-state index contributed by atoms with van der Waals surface area (Å²) >= 11 is 5.99. The Morgan fingerprint density at radius 1 is 1.15 bits per heavy atom. The zero-order valence-corrected chi connectivity index (χ0v) is 16.3. The molecule has 6 heteroatoms. The molecule has 5 nitrogen and oxygen atoms in total. The lowest BCUT2D eigenvalue weighted by molar-refractivity contribution is 0.0167. The topological polar surface area (TPSA) is 53.6 Å². The SMILES string of the molecule is Cc1cccc(C(CNC(=O)NCc2cccc(Cl)c2)N2CCOCC2)c1. The minimum absolute atomic E-state index is 0.130. The second-order valence-electron chi connectivity index (χ2n) is 6.77. The van der Waals surface area contributed by atoms with Crippen molar-refractivity contribution in [2.45, 2.75) is 19.5 Å². The van der Waals surface area contributed by atoms with E-state index in [-0.39, 0.29) is 12.1 Å². The third-order valence-corrected chi connectivity index (χ3v) is 4.95. The minimum atomic E-state index is -0.180. The van der Waals surface area contributed by atoms with Crippen molar-refractivity contribution in [1.82, 2.24) is 15.5 Å². The first-order chi connectivity index (χ1) is 13.1. The molecule has 2 aromatic rings. The van der Waals surface area contributed by atoms with Crippen LogP contribution < -0.4 is 10.6 Å². The summed E-state index contributed by atoms with van der Waals surface area (Å²) in [6.07, 6.45) is 0. The van der Waals surface area contributed by atoms with Gasteiger partial charge in [-0.2, -0.15) is 0 Å². The Kier molecular flexibility index (Phi) is 7.10. The number of amides is 2. The van der Waals surface area contributed by atoms with E-state index in [1.807, 2.05) is 24.3 Å². The van der Waals surface area contributed by atoms with E-state index in [9.17, 15) is 4.79 Å². The summed E-state index contributed by atoms with van der Waals surface area (Å²) in [6.45, 7) is 6.26. The molecule has 144 valence electrons. The van der Waals surface area contributed by atoms with Gasteiger partial charge in [0.15, 0.2) is 0 Å². The summed E-state index contributed by atoms with van der Waals surface area (Å²) in [5, 5.41) is 6.58. The number of nitrogens with zero attached hydrogens (tertiary/aromatic N) is 1. The number of urea groups is 1. The number of carbonyl (C=O) groups excluding carboxylic acids is 1. The van der Waals surface area contributed by atoms with E-state index in [2.05, 4.69) is 46.7 Å². The smallest absolute Gasteiger partial charge is 0.315 e. The van der Waals surface area contributed by atoms with Gasteiger partial charge in [0.25, 0.3) is 0 Å². The molecule has 27 heavy (non-hydrogen) atoms. The number of halogens is 1. The molecular weight excluding hydrogens is 362 g/mol. The molecule has 3 rings (SSSR count). The van der Waals surface area contributed by atoms with Crippen molar-refractivity contribution in [3.8, 4) is 0 Å². The normalized spacial score (nSPS) is 15.9. The third-order valence-electron chi connectivity index (χ3n) is 4.71. The molecule has 1 fully saturated rings. The Labute approximate surface area is 165 Å². The highest BCUT2D eigenvalue weighted by molar-refractivity contribution is 6.30. The van der Waals surface area contributed by atoms with E-state index in [4.69, 9.17) is 16.3 Å². The minimum Gasteiger partial charge on any atom is -0.379 e. The van der Waals surface area contributed by atoms with Crippen molar-refractivity contribution >= 4 is 17.6 Å². The number of nitrogens with one attached hydrogen (secondary N) is 2. The van der Waals surface area contributed by atoms with E-state index in [1.54, 1.807) is 0 Å². The van der Waals surface area contributed by atoms with Gasteiger partial charge < -0.3 is 15.4 Å². The van der Waals surface area contributed by atoms with Crippen LogP contribution in [0.1, 0.15) is 22.7 Å². The van der Waals surface area contributed by atoms with Gasteiger partial charge in [-0.25, -0.2) is 4.79 Å². The van der Waals surface area contributed by atoms with E-state index in [0.29, 0.717) is 18.1 Å². The molecule has 1 aliphatic rings. The van der Waals surface area contributed by atoms with E-state index >= 15 is 0 Å². The van der Waals surface area contributed by atoms with Crippen LogP contribution in [0.4, 0.5) is 4.79 Å². The third kappa shape index (κ3) is 5.96. The fraction of sp³-hybridized carbons (Fsp3) is 0.381. The molecule has 1 heterocycles. The second kappa shape index (κ2) is 9.74. The van der Waals surface area contributed by atoms with Crippen molar-refractivity contribution in [3.05, 3.63) is 70.2 Å². The highest BCUT2D eigenvalue weighted by atomic mass is 35.5. The molecule has 0 aliphatic carbocycles. The molecule has 1 aliphatic heterocycles. The van der Waals surface area contributed by atoms with Crippen LogP contribution in [0.2, 0.25) is 5.02 Å². The number of carbonyl (C=O) groups is 1. The Morgan fingerprint density at radius 2 is 1.93 bits per heavy atom. The first-order valence-corrected chi connectivity index (χ1v) is 9.64. The molecule has 1 atom stereocenters. The second-order valence-corrected chi connectivity index (χ2v) is 7.21. The number of hydrogen-bond donors (Lipinski definition) is 2. The highest BCUT2D eigenvalue weighted by Crippen LogP contribution is 2.22. The average molecular weight is 388 g/mol. The number of ether oxygens (including phenoxy) is 1. The summed E-state index contributed by atoms with van der Waals surface area (Å²) in [5.74, 6) is 0. The molecule has 0 saturated carbocycles. The Hall–Kier alpha value is -2.08. The van der Waals surface area contributed by atoms with Crippen molar-refractivity contribution in [2.75, 3.05) is 32.8 Å². The first-order valence-electron chi connectivity index (χ1n) is 9.26. The molecule has 0 spiro atoms. The maximum atomic E-state index is 12.3. The Bertz CT molecular complexity index is 763. The highest BCUT2D eigenvalue weighted by Gasteiger charge is 2.23. The largest absolute Gasteiger partial charge is 0.379 e. The van der Waals surface area contributed by atoms with Crippen molar-refractivity contribution in [1.29, 1.82) is 0 Å². The molecule has 1 saturated heterocycles. The van der Waals surface area contributed by atoms with Crippen LogP contribution in [0, 0.1) is 6.92 Å². The van der Waals surface area contributed by atoms with Gasteiger partial charge in [-0.15, -0.1) is 0 Å². The van der Waals surface area contributed by atoms with Gasteiger partial charge in [-0.1, -0.05) is 53.6 Å². The predicted octanol–water partition coefficient (Wildman–Crippen LogP) is 3.52. The van der Waals surface area contributed by atoms with Gasteiger partial charge in [0.05, 0.1) is 19.3 Å². The standard InChI is InChI=1S/C21H26ClN3O2/c1-16-4-2-6-18(12-16)20(25-8-10-27-11-9-25)15-24-21(26)23-14-17-5-3-7-19(22)13-17/h2-7,12-13,20H,8-11,14-15H2,1H3,(H2,23,24,26). The first kappa shape index (κ1) is 19.7. The van der Waals surface area contributed by atoms with E-state index < -0.39 is 0 Å². The molecule has 2 aromatic carbocycles. The van der Waals surface area contributed by atoms with Crippen molar-refractivity contribution < 1.29 is 9.53 Å². The van der Waals surface area contributed by atoms with Crippen LogP contribution in [0.15, 0.2) is 48.5 Å². The van der Waals surface area contributed by atoms with Crippen LogP contribution >= 0.6 is 11.6 Å². The number of aryl methyl sites for hydroxylation is 1. The molecule has 1 unspecified atom stereocenters. The summed E-state index contributed by atoms with van der Waals surface area (Å²) in [7, 11) is 0. The molecule has 2 amide bonds. The van der Waals surface area contributed by atoms with Gasteiger partial charge in [0, 0.05) is 31.2 Å². The summed E-state index contributed by atoms with van der Waals surface area (Å²) in [6, 6.07) is 15.9. The van der Waals surface area contributed by atoms with Crippen LogP contribution in [-0.2, 0) is 11.3 Å². The fourth-order valence-electron chi connectivity index (χ4n) is 3.31. The fourth-order valence-corrected chi connectivity index (χ4v) is 3.52. The van der Waals surface area contributed by atoms with Gasteiger partial charge in [-0.3, -0.25) is 4.90 Å². The zero-order chi connectivity index (χ0) is 19.1. The number of benzene rings is 2. The van der Waals surface area contributed by atoms with Crippen LogP contribution in [0.5, 0.6) is 0 Å². The molecule has 0 bridgehead atoms. The van der Waals surface area contributed by atoms with E-state index in [0.717, 1.165) is 31.9 Å². The average Bonchev–Trinajstić information content (AvgIpc) is 2.67. The lowest BCUT2D eigenvalue weighted by Crippen LogP contribution is -2.45. The Morgan fingerprint density at radius 3 is 2.67 bits per heavy atom.